The van der Waals surface area contributed by atoms with Crippen molar-refractivity contribution in [3.63, 3.8) is 0 Å². The second-order valence-corrected chi connectivity index (χ2v) is 5.28. The van der Waals surface area contributed by atoms with Gasteiger partial charge in [-0.15, -0.1) is 0 Å². The number of halogens is 1. The fraction of sp³-hybridized carbons (Fsp3) is 0.375. The van der Waals surface area contributed by atoms with Gasteiger partial charge in [-0.2, -0.15) is 0 Å². The Labute approximate surface area is 119 Å². The van der Waals surface area contributed by atoms with Crippen LogP contribution in [0.5, 0.6) is 0 Å². The van der Waals surface area contributed by atoms with Crippen LogP contribution in [-0.2, 0) is 11.3 Å². The summed E-state index contributed by atoms with van der Waals surface area (Å²) in [6, 6.07) is 10.3. The summed E-state index contributed by atoms with van der Waals surface area (Å²) in [6.45, 7) is 6.85. The molecule has 0 saturated carbocycles. The van der Waals surface area contributed by atoms with Gasteiger partial charge in [0.2, 0.25) is 0 Å². The Hall–Kier alpha value is -0.860. The van der Waals surface area contributed by atoms with Crippen molar-refractivity contribution in [3.8, 4) is 0 Å². The Balaban J connectivity index is 2.62. The van der Waals surface area contributed by atoms with Crippen molar-refractivity contribution in [2.45, 2.75) is 39.9 Å². The number of ether oxygens (including phenoxy) is 1. The lowest BCUT2D eigenvalue weighted by molar-refractivity contribution is 0.0659. The van der Waals surface area contributed by atoms with E-state index in [1.807, 2.05) is 25.1 Å². The summed E-state index contributed by atoms with van der Waals surface area (Å²) in [5, 5.41) is 0. The van der Waals surface area contributed by atoms with Crippen LogP contribution in [0.25, 0.3) is 0 Å². The molecule has 0 amide bonds. The normalized spacial score (nSPS) is 14.7. The van der Waals surface area contributed by atoms with E-state index in [4.69, 9.17) is 4.74 Å². The van der Waals surface area contributed by atoms with Gasteiger partial charge in [0.15, 0.2) is 0 Å². The molecular weight excluding hydrogens is 288 g/mol. The van der Waals surface area contributed by atoms with E-state index in [9.17, 15) is 0 Å². The summed E-state index contributed by atoms with van der Waals surface area (Å²) in [4.78, 5) is 0. The molecule has 0 aliphatic carbocycles. The number of hydrogen-bond acceptors (Lipinski definition) is 1. The molecule has 98 valence electrons. The van der Waals surface area contributed by atoms with Gasteiger partial charge >= 0.3 is 0 Å². The summed E-state index contributed by atoms with van der Waals surface area (Å²) < 4.78 is 7.20. The van der Waals surface area contributed by atoms with Crippen molar-refractivity contribution in [1.82, 2.24) is 0 Å². The highest BCUT2D eigenvalue weighted by molar-refractivity contribution is 9.11. The van der Waals surface area contributed by atoms with Crippen molar-refractivity contribution in [2.24, 2.45) is 0 Å². The molecule has 0 bridgehead atoms. The van der Waals surface area contributed by atoms with Crippen molar-refractivity contribution >= 4 is 15.9 Å². The van der Waals surface area contributed by atoms with Crippen LogP contribution in [0.3, 0.4) is 0 Å². The molecule has 0 aliphatic heterocycles. The third-order valence-corrected chi connectivity index (χ3v) is 3.73. The molecule has 1 aromatic rings. The lowest BCUT2D eigenvalue weighted by atomic mass is 10.1. The number of rotatable bonds is 6. The largest absolute Gasteiger partial charge is 0.369 e. The molecule has 0 saturated heterocycles. The molecule has 1 aromatic carbocycles. The summed E-state index contributed by atoms with van der Waals surface area (Å²) in [5.41, 5.74) is 2.48. The van der Waals surface area contributed by atoms with Gasteiger partial charge in [-0.05, 0) is 36.4 Å². The number of allylic oxidation sites excluding steroid dienone is 2. The first-order valence-corrected chi connectivity index (χ1v) is 7.05. The Morgan fingerprint density at radius 3 is 2.44 bits per heavy atom. The molecule has 0 radical (unpaired) electrons. The predicted octanol–water partition coefficient (Wildman–Crippen LogP) is 5.23. The minimum Gasteiger partial charge on any atom is -0.369 e. The maximum atomic E-state index is 6.01. The lowest BCUT2D eigenvalue weighted by Gasteiger charge is -2.18. The zero-order valence-electron chi connectivity index (χ0n) is 11.3. The first kappa shape index (κ1) is 15.2. The maximum absolute atomic E-state index is 6.01. The van der Waals surface area contributed by atoms with Crippen molar-refractivity contribution in [2.75, 3.05) is 0 Å². The SMILES string of the molecule is C/C=C(/C)C(C/C(Br)=C\C)OCc1ccccc1. The van der Waals surface area contributed by atoms with E-state index >= 15 is 0 Å². The van der Waals surface area contributed by atoms with Gasteiger partial charge in [0, 0.05) is 6.42 Å². The highest BCUT2D eigenvalue weighted by atomic mass is 79.9. The van der Waals surface area contributed by atoms with Crippen LogP contribution in [0, 0.1) is 0 Å². The van der Waals surface area contributed by atoms with Crippen LogP contribution in [0.1, 0.15) is 32.8 Å². The van der Waals surface area contributed by atoms with Gasteiger partial charge in [0.05, 0.1) is 12.7 Å². The van der Waals surface area contributed by atoms with E-state index in [2.05, 4.69) is 54.1 Å². The summed E-state index contributed by atoms with van der Waals surface area (Å²) >= 11 is 3.56. The lowest BCUT2D eigenvalue weighted by Crippen LogP contribution is -2.14. The molecule has 2 heteroatoms. The minimum atomic E-state index is 0.140. The number of hydrogen-bond donors (Lipinski definition) is 0. The Morgan fingerprint density at radius 2 is 1.89 bits per heavy atom. The van der Waals surface area contributed by atoms with Crippen LogP contribution in [-0.4, -0.2) is 6.10 Å². The van der Waals surface area contributed by atoms with Gasteiger partial charge < -0.3 is 4.74 Å². The molecule has 0 aliphatic rings. The quantitative estimate of drug-likeness (QED) is 0.654. The molecule has 0 fully saturated rings. The fourth-order valence-corrected chi connectivity index (χ4v) is 1.90. The molecule has 1 rings (SSSR count). The van der Waals surface area contributed by atoms with Crippen molar-refractivity contribution in [1.29, 1.82) is 0 Å². The van der Waals surface area contributed by atoms with Gasteiger partial charge in [0.25, 0.3) is 0 Å². The Bertz CT molecular complexity index is 406. The van der Waals surface area contributed by atoms with Gasteiger partial charge in [-0.1, -0.05) is 58.4 Å². The van der Waals surface area contributed by atoms with Crippen LogP contribution in [0.15, 0.2) is 52.5 Å². The summed E-state index contributed by atoms with van der Waals surface area (Å²) in [6.07, 6.45) is 5.22. The zero-order valence-corrected chi connectivity index (χ0v) is 12.9. The first-order valence-electron chi connectivity index (χ1n) is 6.26. The Kier molecular flexibility index (Phi) is 6.99. The summed E-state index contributed by atoms with van der Waals surface area (Å²) in [5.74, 6) is 0. The average molecular weight is 309 g/mol. The molecule has 0 N–H and O–H groups in total. The summed E-state index contributed by atoms with van der Waals surface area (Å²) in [7, 11) is 0. The third kappa shape index (κ3) is 5.19. The molecule has 1 nitrogen and oxygen atoms in total. The monoisotopic (exact) mass is 308 g/mol. The molecule has 1 unspecified atom stereocenters. The molecule has 0 spiro atoms. The minimum absolute atomic E-state index is 0.140. The van der Waals surface area contributed by atoms with Gasteiger partial charge in [-0.25, -0.2) is 0 Å². The highest BCUT2D eigenvalue weighted by Crippen LogP contribution is 2.21. The van der Waals surface area contributed by atoms with Crippen molar-refractivity contribution < 1.29 is 4.74 Å². The molecule has 1 atom stereocenters. The second-order valence-electron chi connectivity index (χ2n) is 4.26. The van der Waals surface area contributed by atoms with Crippen LogP contribution in [0.4, 0.5) is 0 Å². The van der Waals surface area contributed by atoms with E-state index in [1.54, 1.807) is 0 Å². The van der Waals surface area contributed by atoms with E-state index in [1.165, 1.54) is 15.6 Å². The number of benzene rings is 1. The van der Waals surface area contributed by atoms with Crippen molar-refractivity contribution in [3.05, 3.63) is 58.1 Å². The average Bonchev–Trinajstić information content (AvgIpc) is 2.43. The third-order valence-electron chi connectivity index (χ3n) is 2.95. The highest BCUT2D eigenvalue weighted by Gasteiger charge is 2.12. The Morgan fingerprint density at radius 1 is 1.22 bits per heavy atom. The fourth-order valence-electron chi connectivity index (χ4n) is 1.60. The van der Waals surface area contributed by atoms with Crippen LogP contribution in [0.2, 0.25) is 0 Å². The first-order chi connectivity index (χ1) is 8.67. The van der Waals surface area contributed by atoms with E-state index in [0.717, 1.165) is 6.42 Å². The second kappa shape index (κ2) is 8.28. The standard InChI is InChI=1S/C16H21BrO/c1-4-13(3)16(11-15(17)5-2)18-12-14-9-7-6-8-10-14/h4-10,16H,11-12H2,1-3H3/b13-4-,15-5+. The molecule has 0 aromatic heterocycles. The molecule has 0 heterocycles. The van der Waals surface area contributed by atoms with E-state index in [0.29, 0.717) is 6.61 Å². The maximum Gasteiger partial charge on any atom is 0.0832 e. The zero-order chi connectivity index (χ0) is 13.4. The van der Waals surface area contributed by atoms with Gasteiger partial charge in [0.1, 0.15) is 0 Å². The van der Waals surface area contributed by atoms with Gasteiger partial charge in [-0.3, -0.25) is 0 Å². The van der Waals surface area contributed by atoms with Crippen LogP contribution >= 0.6 is 15.9 Å². The van der Waals surface area contributed by atoms with Crippen LogP contribution < -0.4 is 0 Å². The smallest absolute Gasteiger partial charge is 0.0832 e. The molecular formula is C16H21BrO. The molecule has 18 heavy (non-hydrogen) atoms. The van der Waals surface area contributed by atoms with E-state index in [-0.39, 0.29) is 6.10 Å². The van der Waals surface area contributed by atoms with E-state index < -0.39 is 0 Å². The predicted molar refractivity (Wildman–Crippen MR) is 81.8 cm³/mol. The topological polar surface area (TPSA) is 9.23 Å².